The first-order chi connectivity index (χ1) is 12.6. The van der Waals surface area contributed by atoms with Crippen LogP contribution in [0.3, 0.4) is 0 Å². The molecule has 1 aromatic carbocycles. The Morgan fingerprint density at radius 3 is 2.46 bits per heavy atom. The average molecular weight is 380 g/mol. The van der Waals surface area contributed by atoms with Crippen molar-refractivity contribution in [3.63, 3.8) is 0 Å². The Labute approximate surface area is 160 Å². The molecule has 2 fully saturated rings. The van der Waals surface area contributed by atoms with Crippen molar-refractivity contribution in [2.24, 2.45) is 4.99 Å². The van der Waals surface area contributed by atoms with E-state index in [1.165, 1.54) is 24.2 Å². The Bertz CT molecular complexity index is 608. The molecule has 6 heteroatoms. The fraction of sp³-hybridized carbons (Fsp3) is 0.650. The zero-order chi connectivity index (χ0) is 18.5. The summed E-state index contributed by atoms with van der Waals surface area (Å²) < 4.78 is 19.2. The molecule has 0 bridgehead atoms. The Balaban J connectivity index is 1.64. The third kappa shape index (κ3) is 4.71. The van der Waals surface area contributed by atoms with Crippen molar-refractivity contribution in [2.75, 3.05) is 39.1 Å². The molecule has 0 aromatic heterocycles. The molecule has 0 aliphatic carbocycles. The third-order valence-corrected chi connectivity index (χ3v) is 7.19. The largest absolute Gasteiger partial charge is 0.381 e. The lowest BCUT2D eigenvalue weighted by atomic mass is 9.74. The van der Waals surface area contributed by atoms with Gasteiger partial charge in [0.15, 0.2) is 5.96 Å². The molecule has 2 N–H and O–H groups in total. The van der Waals surface area contributed by atoms with Crippen LogP contribution in [0.1, 0.15) is 38.2 Å². The molecule has 0 radical (unpaired) electrons. The van der Waals surface area contributed by atoms with Gasteiger partial charge in [0, 0.05) is 43.5 Å². The van der Waals surface area contributed by atoms with Gasteiger partial charge < -0.3 is 15.4 Å². The number of halogens is 1. The first-order valence-corrected chi connectivity index (χ1v) is 10.5. The lowest BCUT2D eigenvalue weighted by Crippen LogP contribution is -2.50. The monoisotopic (exact) mass is 379 g/mol. The minimum absolute atomic E-state index is 0.0461. The number of nitrogens with zero attached hydrogens (tertiary/aromatic N) is 1. The molecule has 3 rings (SSSR count). The van der Waals surface area contributed by atoms with Crippen LogP contribution in [0.2, 0.25) is 0 Å². The molecular formula is C20H30FN3OS. The van der Waals surface area contributed by atoms with E-state index in [4.69, 9.17) is 4.74 Å². The zero-order valence-corrected chi connectivity index (χ0v) is 16.6. The summed E-state index contributed by atoms with van der Waals surface area (Å²) in [7, 11) is 1.81. The molecule has 2 saturated heterocycles. The molecule has 2 aliphatic heterocycles. The van der Waals surface area contributed by atoms with E-state index in [-0.39, 0.29) is 11.2 Å². The lowest BCUT2D eigenvalue weighted by molar-refractivity contribution is 0.0513. The summed E-state index contributed by atoms with van der Waals surface area (Å²) in [4.78, 5) is 4.40. The van der Waals surface area contributed by atoms with E-state index >= 15 is 0 Å². The number of rotatable bonds is 5. The van der Waals surface area contributed by atoms with E-state index in [2.05, 4.69) is 22.5 Å². The molecule has 1 aromatic rings. The van der Waals surface area contributed by atoms with Crippen LogP contribution in [0, 0.1) is 5.82 Å². The Hall–Kier alpha value is -1.27. The van der Waals surface area contributed by atoms with E-state index in [0.29, 0.717) is 4.75 Å². The molecule has 0 spiro atoms. The number of benzene rings is 1. The summed E-state index contributed by atoms with van der Waals surface area (Å²) in [6.45, 7) is 5.48. The quantitative estimate of drug-likeness (QED) is 0.609. The summed E-state index contributed by atoms with van der Waals surface area (Å²) in [5.41, 5.74) is 1.12. The average Bonchev–Trinajstić information content (AvgIpc) is 3.10. The number of guanidine groups is 1. The van der Waals surface area contributed by atoms with Gasteiger partial charge in [-0.1, -0.05) is 12.1 Å². The van der Waals surface area contributed by atoms with Gasteiger partial charge in [0.05, 0.1) is 0 Å². The summed E-state index contributed by atoms with van der Waals surface area (Å²) in [6, 6.07) is 6.93. The van der Waals surface area contributed by atoms with Crippen LogP contribution in [0.15, 0.2) is 29.3 Å². The van der Waals surface area contributed by atoms with E-state index in [9.17, 15) is 4.39 Å². The Kier molecular flexibility index (Phi) is 6.46. The van der Waals surface area contributed by atoms with Crippen molar-refractivity contribution in [3.8, 4) is 0 Å². The van der Waals surface area contributed by atoms with Crippen molar-refractivity contribution in [1.82, 2.24) is 10.6 Å². The van der Waals surface area contributed by atoms with E-state index in [1.807, 2.05) is 30.9 Å². The second kappa shape index (κ2) is 8.61. The summed E-state index contributed by atoms with van der Waals surface area (Å²) in [5.74, 6) is 1.90. The highest BCUT2D eigenvalue weighted by atomic mass is 32.2. The number of ether oxygens (including phenoxy) is 1. The number of aliphatic imine (C=N–C) groups is 1. The number of hydrogen-bond donors (Lipinski definition) is 2. The molecule has 26 heavy (non-hydrogen) atoms. The Morgan fingerprint density at radius 1 is 1.15 bits per heavy atom. The first-order valence-electron chi connectivity index (χ1n) is 9.48. The standard InChI is InChI=1S/C20H30FN3OS/c1-19(8-3-13-26-19)14-23-18(22-2)24-15-20(9-11-25-12-10-20)16-4-6-17(21)7-5-16/h4-7H,3,8-15H2,1-2H3,(H2,22,23,24). The van der Waals surface area contributed by atoms with Crippen molar-refractivity contribution < 1.29 is 9.13 Å². The zero-order valence-electron chi connectivity index (χ0n) is 15.8. The third-order valence-electron chi connectivity index (χ3n) is 5.65. The minimum atomic E-state index is -0.191. The van der Waals surface area contributed by atoms with Crippen LogP contribution in [0.4, 0.5) is 4.39 Å². The smallest absolute Gasteiger partial charge is 0.191 e. The highest BCUT2D eigenvalue weighted by Gasteiger charge is 2.35. The van der Waals surface area contributed by atoms with Crippen LogP contribution in [0.25, 0.3) is 0 Å². The number of thioether (sulfide) groups is 1. The van der Waals surface area contributed by atoms with Gasteiger partial charge in [0.25, 0.3) is 0 Å². The Morgan fingerprint density at radius 2 is 1.85 bits per heavy atom. The van der Waals surface area contributed by atoms with Gasteiger partial charge in [-0.2, -0.15) is 11.8 Å². The van der Waals surface area contributed by atoms with Gasteiger partial charge in [0.2, 0.25) is 0 Å². The van der Waals surface area contributed by atoms with Crippen LogP contribution >= 0.6 is 11.8 Å². The van der Waals surface area contributed by atoms with Crippen LogP contribution in [-0.4, -0.2) is 49.8 Å². The topological polar surface area (TPSA) is 45.7 Å². The minimum Gasteiger partial charge on any atom is -0.381 e. The first kappa shape index (κ1) is 19.5. The van der Waals surface area contributed by atoms with Crippen LogP contribution in [0.5, 0.6) is 0 Å². The molecule has 1 atom stereocenters. The molecular weight excluding hydrogens is 349 g/mol. The van der Waals surface area contributed by atoms with E-state index < -0.39 is 0 Å². The maximum absolute atomic E-state index is 13.4. The highest BCUT2D eigenvalue weighted by molar-refractivity contribution is 8.00. The second-order valence-electron chi connectivity index (χ2n) is 7.58. The number of hydrogen-bond acceptors (Lipinski definition) is 3. The second-order valence-corrected chi connectivity index (χ2v) is 9.26. The van der Waals surface area contributed by atoms with E-state index in [0.717, 1.165) is 45.1 Å². The molecule has 144 valence electrons. The van der Waals surface area contributed by atoms with Gasteiger partial charge in [-0.05, 0) is 56.1 Å². The SMILES string of the molecule is CN=C(NCC1(C)CCCS1)NCC1(c2ccc(F)cc2)CCOCC1. The molecule has 2 heterocycles. The van der Waals surface area contributed by atoms with Crippen molar-refractivity contribution >= 4 is 17.7 Å². The van der Waals surface area contributed by atoms with Gasteiger partial charge >= 0.3 is 0 Å². The fourth-order valence-corrected chi connectivity index (χ4v) is 5.10. The summed E-state index contributed by atoms with van der Waals surface area (Å²) >= 11 is 2.04. The van der Waals surface area contributed by atoms with Crippen molar-refractivity contribution in [1.29, 1.82) is 0 Å². The maximum atomic E-state index is 13.4. The molecule has 0 saturated carbocycles. The molecule has 4 nitrogen and oxygen atoms in total. The predicted molar refractivity (Wildman–Crippen MR) is 108 cm³/mol. The van der Waals surface area contributed by atoms with Crippen LogP contribution < -0.4 is 10.6 Å². The molecule has 2 aliphatic rings. The number of nitrogens with one attached hydrogen (secondary N) is 2. The lowest BCUT2D eigenvalue weighted by Gasteiger charge is -2.38. The molecule has 0 amide bonds. The van der Waals surface area contributed by atoms with Crippen LogP contribution in [-0.2, 0) is 10.2 Å². The summed E-state index contributed by atoms with van der Waals surface area (Å²) in [6.07, 6.45) is 4.40. The highest BCUT2D eigenvalue weighted by Crippen LogP contribution is 2.37. The van der Waals surface area contributed by atoms with Gasteiger partial charge in [-0.3, -0.25) is 4.99 Å². The van der Waals surface area contributed by atoms with Gasteiger partial charge in [-0.15, -0.1) is 0 Å². The fourth-order valence-electron chi connectivity index (χ4n) is 3.85. The normalized spacial score (nSPS) is 25.9. The predicted octanol–water partition coefficient (Wildman–Crippen LogP) is 3.32. The van der Waals surface area contributed by atoms with Gasteiger partial charge in [-0.25, -0.2) is 4.39 Å². The maximum Gasteiger partial charge on any atom is 0.191 e. The summed E-state index contributed by atoms with van der Waals surface area (Å²) in [5, 5.41) is 7.01. The van der Waals surface area contributed by atoms with Gasteiger partial charge in [0.1, 0.15) is 5.82 Å². The van der Waals surface area contributed by atoms with E-state index in [1.54, 1.807) is 12.1 Å². The molecule has 1 unspecified atom stereocenters. The van der Waals surface area contributed by atoms with Crippen molar-refractivity contribution in [3.05, 3.63) is 35.6 Å². The van der Waals surface area contributed by atoms with Crippen molar-refractivity contribution in [2.45, 2.75) is 42.8 Å².